The van der Waals surface area contributed by atoms with Crippen molar-refractivity contribution >= 4 is 47.0 Å². The standard InChI is InChI=1S/C9H16OS4/c10-7(5-13-8-1-3-11-8)6-14-9-2-4-12-9/h7-10H,1-6H2. The smallest absolute Gasteiger partial charge is 0.0721 e. The fourth-order valence-electron chi connectivity index (χ4n) is 1.18. The van der Waals surface area contributed by atoms with Crippen molar-refractivity contribution in [1.29, 1.82) is 0 Å². The van der Waals surface area contributed by atoms with Crippen LogP contribution in [0.2, 0.25) is 0 Å². The summed E-state index contributed by atoms with van der Waals surface area (Å²) in [5.41, 5.74) is 0. The molecule has 2 aliphatic heterocycles. The molecule has 2 fully saturated rings. The van der Waals surface area contributed by atoms with Crippen LogP contribution in [0.15, 0.2) is 0 Å². The van der Waals surface area contributed by atoms with Crippen LogP contribution in [0.1, 0.15) is 12.8 Å². The molecule has 0 aromatic rings. The summed E-state index contributed by atoms with van der Waals surface area (Å²) in [6, 6.07) is 0. The second-order valence-electron chi connectivity index (χ2n) is 3.50. The van der Waals surface area contributed by atoms with E-state index in [2.05, 4.69) is 0 Å². The molecule has 5 heteroatoms. The van der Waals surface area contributed by atoms with Crippen molar-refractivity contribution in [1.82, 2.24) is 0 Å². The van der Waals surface area contributed by atoms with Crippen LogP contribution in [-0.2, 0) is 0 Å². The summed E-state index contributed by atoms with van der Waals surface area (Å²) >= 11 is 7.94. The number of hydrogen-bond acceptors (Lipinski definition) is 5. The summed E-state index contributed by atoms with van der Waals surface area (Å²) in [6.07, 6.45) is 2.59. The minimum atomic E-state index is -0.0904. The monoisotopic (exact) mass is 268 g/mol. The van der Waals surface area contributed by atoms with Gasteiger partial charge >= 0.3 is 0 Å². The second kappa shape index (κ2) is 6.18. The van der Waals surface area contributed by atoms with Crippen LogP contribution in [0.4, 0.5) is 0 Å². The lowest BCUT2D eigenvalue weighted by Crippen LogP contribution is -2.21. The molecule has 1 N–H and O–H groups in total. The molecular formula is C9H16OS4. The van der Waals surface area contributed by atoms with Gasteiger partial charge in [0.1, 0.15) is 0 Å². The van der Waals surface area contributed by atoms with E-state index in [9.17, 15) is 5.11 Å². The molecule has 0 saturated carbocycles. The summed E-state index contributed by atoms with van der Waals surface area (Å²) in [5, 5.41) is 9.73. The van der Waals surface area contributed by atoms with Crippen LogP contribution in [-0.4, -0.2) is 43.4 Å². The van der Waals surface area contributed by atoms with Crippen LogP contribution < -0.4 is 0 Å². The minimum Gasteiger partial charge on any atom is -0.391 e. The fraction of sp³-hybridized carbons (Fsp3) is 1.00. The van der Waals surface area contributed by atoms with Crippen molar-refractivity contribution in [2.24, 2.45) is 0 Å². The zero-order chi connectivity index (χ0) is 9.80. The quantitative estimate of drug-likeness (QED) is 0.797. The molecule has 2 unspecified atom stereocenters. The normalized spacial score (nSPS) is 33.2. The predicted octanol–water partition coefficient (Wildman–Crippen LogP) is 2.74. The molecule has 0 amide bonds. The Hall–Kier alpha value is 1.36. The summed E-state index contributed by atoms with van der Waals surface area (Å²) < 4.78 is 1.57. The lowest BCUT2D eigenvalue weighted by atomic mass is 10.5. The zero-order valence-corrected chi connectivity index (χ0v) is 11.3. The fourth-order valence-corrected chi connectivity index (χ4v) is 6.02. The third-order valence-corrected chi connectivity index (χ3v) is 8.42. The highest BCUT2D eigenvalue weighted by molar-refractivity contribution is 8.18. The third-order valence-electron chi connectivity index (χ3n) is 2.26. The maximum absolute atomic E-state index is 9.73. The summed E-state index contributed by atoms with van der Waals surface area (Å²) in [6.45, 7) is 0. The largest absolute Gasteiger partial charge is 0.391 e. The number of hydrogen-bond donors (Lipinski definition) is 1. The summed E-state index contributed by atoms with van der Waals surface area (Å²) in [7, 11) is 0. The highest BCUT2D eigenvalue weighted by atomic mass is 32.2. The number of aliphatic hydroxyl groups excluding tert-OH is 1. The summed E-state index contributed by atoms with van der Waals surface area (Å²) in [5.74, 6) is 4.51. The van der Waals surface area contributed by atoms with Crippen LogP contribution in [0.3, 0.4) is 0 Å². The van der Waals surface area contributed by atoms with Gasteiger partial charge in [0.2, 0.25) is 0 Å². The van der Waals surface area contributed by atoms with E-state index < -0.39 is 0 Å². The van der Waals surface area contributed by atoms with Crippen molar-refractivity contribution in [3.63, 3.8) is 0 Å². The van der Waals surface area contributed by atoms with Crippen LogP contribution in [0.5, 0.6) is 0 Å². The Kier molecular flexibility index (Phi) is 5.23. The zero-order valence-electron chi connectivity index (χ0n) is 8.05. The molecule has 0 aromatic heterocycles. The first-order valence-corrected chi connectivity index (χ1v) is 9.18. The molecule has 2 aliphatic rings. The van der Waals surface area contributed by atoms with E-state index in [4.69, 9.17) is 0 Å². The van der Waals surface area contributed by atoms with Gasteiger partial charge in [-0.3, -0.25) is 0 Å². The number of aliphatic hydroxyl groups is 1. The first kappa shape index (κ1) is 11.8. The predicted molar refractivity (Wildman–Crippen MR) is 72.6 cm³/mol. The van der Waals surface area contributed by atoms with Gasteiger partial charge in [0.25, 0.3) is 0 Å². The van der Waals surface area contributed by atoms with Gasteiger partial charge in [0.15, 0.2) is 0 Å². The SMILES string of the molecule is OC(CSC1CCS1)CSC1CCS1. The van der Waals surface area contributed by atoms with Crippen molar-refractivity contribution in [2.45, 2.75) is 28.1 Å². The number of rotatable bonds is 6. The van der Waals surface area contributed by atoms with Gasteiger partial charge in [-0.1, -0.05) is 0 Å². The van der Waals surface area contributed by atoms with Crippen molar-refractivity contribution in [2.75, 3.05) is 23.0 Å². The highest BCUT2D eigenvalue weighted by Crippen LogP contribution is 2.39. The molecule has 0 spiro atoms. The lowest BCUT2D eigenvalue weighted by molar-refractivity contribution is 0.225. The van der Waals surface area contributed by atoms with Crippen molar-refractivity contribution in [3.8, 4) is 0 Å². The van der Waals surface area contributed by atoms with Crippen LogP contribution in [0, 0.1) is 0 Å². The topological polar surface area (TPSA) is 20.2 Å². The van der Waals surface area contributed by atoms with E-state index in [0.717, 1.165) is 20.7 Å². The Balaban J connectivity index is 1.47. The Bertz CT molecular complexity index is 152. The van der Waals surface area contributed by atoms with Gasteiger partial charge in [-0.2, -0.15) is 0 Å². The Morgan fingerprint density at radius 2 is 1.50 bits per heavy atom. The van der Waals surface area contributed by atoms with Crippen molar-refractivity contribution < 1.29 is 5.11 Å². The molecular weight excluding hydrogens is 252 g/mol. The molecule has 2 saturated heterocycles. The summed E-state index contributed by atoms with van der Waals surface area (Å²) in [4.78, 5) is 0. The van der Waals surface area contributed by atoms with Crippen molar-refractivity contribution in [3.05, 3.63) is 0 Å². The molecule has 0 radical (unpaired) electrons. The molecule has 82 valence electrons. The lowest BCUT2D eigenvalue weighted by Gasteiger charge is -2.27. The molecule has 0 aromatic carbocycles. The molecule has 14 heavy (non-hydrogen) atoms. The van der Waals surface area contributed by atoms with E-state index in [0.29, 0.717) is 0 Å². The first-order valence-electron chi connectivity index (χ1n) is 4.99. The minimum absolute atomic E-state index is 0.0904. The maximum Gasteiger partial charge on any atom is 0.0721 e. The molecule has 2 heterocycles. The van der Waals surface area contributed by atoms with Gasteiger partial charge in [0, 0.05) is 11.5 Å². The first-order chi connectivity index (χ1) is 6.84. The van der Waals surface area contributed by atoms with Crippen LogP contribution in [0.25, 0.3) is 0 Å². The molecule has 1 nitrogen and oxygen atoms in total. The van der Waals surface area contributed by atoms with Gasteiger partial charge in [-0.25, -0.2) is 0 Å². The average molecular weight is 268 g/mol. The van der Waals surface area contributed by atoms with Crippen LogP contribution >= 0.6 is 47.0 Å². The average Bonchev–Trinajstić information content (AvgIpc) is 1.98. The van der Waals surface area contributed by atoms with Gasteiger partial charge in [-0.05, 0) is 24.3 Å². The molecule has 0 aliphatic carbocycles. The Morgan fingerprint density at radius 1 is 1.07 bits per heavy atom. The second-order valence-corrected chi connectivity index (χ2v) is 9.19. The third kappa shape index (κ3) is 3.74. The Morgan fingerprint density at radius 3 is 1.79 bits per heavy atom. The van der Waals surface area contributed by atoms with E-state index in [1.807, 2.05) is 47.0 Å². The number of thioether (sulfide) groups is 4. The maximum atomic E-state index is 9.73. The van der Waals surface area contributed by atoms with E-state index in [-0.39, 0.29) is 6.10 Å². The van der Waals surface area contributed by atoms with Gasteiger partial charge in [0.05, 0.1) is 15.3 Å². The highest BCUT2D eigenvalue weighted by Gasteiger charge is 2.22. The molecule has 2 atom stereocenters. The van der Waals surface area contributed by atoms with E-state index in [1.54, 1.807) is 0 Å². The van der Waals surface area contributed by atoms with E-state index in [1.165, 1.54) is 24.3 Å². The van der Waals surface area contributed by atoms with Gasteiger partial charge in [-0.15, -0.1) is 47.0 Å². The van der Waals surface area contributed by atoms with E-state index >= 15 is 0 Å². The van der Waals surface area contributed by atoms with Gasteiger partial charge < -0.3 is 5.11 Å². The Labute approximate surface area is 103 Å². The molecule has 0 bridgehead atoms. The molecule has 2 rings (SSSR count).